The van der Waals surface area contributed by atoms with Crippen molar-refractivity contribution < 1.29 is 23.4 Å². The highest BCUT2D eigenvalue weighted by atomic mass is 35.5. The van der Waals surface area contributed by atoms with Crippen LogP contribution in [0.15, 0.2) is 59.1 Å². The molecular weight excluding hydrogens is 583 g/mol. The van der Waals surface area contributed by atoms with E-state index in [0.717, 1.165) is 10.9 Å². The molecule has 208 valence electrons. The minimum absolute atomic E-state index is 0. The minimum atomic E-state index is -3.75. The number of sulfonamides is 1. The molecule has 2 aliphatic heterocycles. The van der Waals surface area contributed by atoms with Gasteiger partial charge in [0.1, 0.15) is 11.4 Å². The second-order valence-electron chi connectivity index (χ2n) is 9.40. The number of aliphatic hydroxyl groups is 2. The highest BCUT2D eigenvalue weighted by molar-refractivity contribution is 7.92. The molecule has 1 saturated heterocycles. The van der Waals surface area contributed by atoms with Crippen molar-refractivity contribution in [2.45, 2.75) is 31.0 Å². The van der Waals surface area contributed by atoms with Gasteiger partial charge in [-0.1, -0.05) is 35.3 Å². The number of carbonyl (C=O) groups is 1. The third-order valence-electron chi connectivity index (χ3n) is 6.96. The van der Waals surface area contributed by atoms with E-state index in [1.54, 1.807) is 30.5 Å². The average molecular weight is 612 g/mol. The van der Waals surface area contributed by atoms with Gasteiger partial charge in [-0.3, -0.25) is 9.79 Å². The summed E-state index contributed by atoms with van der Waals surface area (Å²) in [6.45, 7) is 0.163. The van der Waals surface area contributed by atoms with Crippen LogP contribution in [0.5, 0.6) is 0 Å². The van der Waals surface area contributed by atoms with Gasteiger partial charge in [0, 0.05) is 46.2 Å². The van der Waals surface area contributed by atoms with Gasteiger partial charge in [-0.25, -0.2) is 8.42 Å². The normalized spacial score (nSPS) is 18.4. The minimum Gasteiger partial charge on any atom is -0.394 e. The molecule has 3 N–H and O–H groups in total. The van der Waals surface area contributed by atoms with E-state index in [-0.39, 0.29) is 58.5 Å². The Kier molecular flexibility index (Phi) is 8.82. The van der Waals surface area contributed by atoms with Crippen LogP contribution in [0, 0.1) is 0 Å². The van der Waals surface area contributed by atoms with Gasteiger partial charge in [-0.2, -0.15) is 17.8 Å². The van der Waals surface area contributed by atoms with Crippen molar-refractivity contribution in [2.75, 3.05) is 19.7 Å². The number of aliphatic imine (C=N–C) groups is 1. The summed E-state index contributed by atoms with van der Waals surface area (Å²) in [7, 11) is -3.75. The lowest BCUT2D eigenvalue weighted by Crippen LogP contribution is -2.50. The second-order valence-corrected chi connectivity index (χ2v) is 12.1. The number of aromatic nitrogens is 1. The predicted molar refractivity (Wildman–Crippen MR) is 158 cm³/mol. The number of amides is 1. The fourth-order valence-corrected chi connectivity index (χ4v) is 6.54. The third kappa shape index (κ3) is 5.90. The quantitative estimate of drug-likeness (QED) is 0.379. The summed E-state index contributed by atoms with van der Waals surface area (Å²) in [6.07, 6.45) is 2.94. The van der Waals surface area contributed by atoms with E-state index in [4.69, 9.17) is 28.3 Å². The number of halogens is 2. The molecule has 0 radical (unpaired) electrons. The molecule has 2 aliphatic rings. The number of nitrogens with one attached hydrogen (secondary N) is 1. The summed E-state index contributed by atoms with van der Waals surface area (Å²) in [5.41, 5.74) is 1.05. The molecule has 1 fully saturated rings. The van der Waals surface area contributed by atoms with Crippen molar-refractivity contribution in [1.29, 1.82) is 0 Å². The maximum absolute atomic E-state index is 13.1. The first-order valence-corrected chi connectivity index (χ1v) is 14.3. The molecule has 0 unspecified atom stereocenters. The Morgan fingerprint density at radius 2 is 1.90 bits per heavy atom. The summed E-state index contributed by atoms with van der Waals surface area (Å²) in [6, 6.07) is 12.3. The number of hydrogen-bond donors (Lipinski definition) is 3. The van der Waals surface area contributed by atoms with Gasteiger partial charge >= 0.3 is 0 Å². The zero-order valence-electron chi connectivity index (χ0n) is 20.7. The van der Waals surface area contributed by atoms with Crippen molar-refractivity contribution in [1.82, 2.24) is 14.2 Å². The number of aliphatic hydroxyl groups excluding tert-OH is 2. The number of carbonyl (C=O) groups excluding carboxylic acids is 1. The van der Waals surface area contributed by atoms with Gasteiger partial charge in [0.2, 0.25) is 10.0 Å². The third-order valence-corrected chi connectivity index (χ3v) is 9.07. The fourth-order valence-electron chi connectivity index (χ4n) is 4.86. The van der Waals surface area contributed by atoms with Crippen LogP contribution in [-0.2, 0) is 21.4 Å². The molecule has 0 aliphatic carbocycles. The number of fused-ring (bicyclic) bond motifs is 1. The van der Waals surface area contributed by atoms with Crippen molar-refractivity contribution in [3.63, 3.8) is 0 Å². The summed E-state index contributed by atoms with van der Waals surface area (Å²) >= 11 is 12.3. The Hall–Kier alpha value is -2.38. The Balaban J connectivity index is 0.00000353. The number of hydrogen-bond acceptors (Lipinski definition) is 6. The first-order valence-electron chi connectivity index (χ1n) is 12.0. The number of piperidine rings is 1. The fraction of sp³-hybridized carbons (Fsp3) is 0.308. The Morgan fingerprint density at radius 3 is 2.59 bits per heavy atom. The molecule has 1 atom stereocenters. The Bertz CT molecular complexity index is 1560. The molecule has 1 spiro atoms. The predicted octanol–water partition coefficient (Wildman–Crippen LogP) is 3.13. The Morgan fingerprint density at radius 1 is 1.15 bits per heavy atom. The van der Waals surface area contributed by atoms with Gasteiger partial charge in [0.05, 0.1) is 24.3 Å². The van der Waals surface area contributed by atoms with Crippen LogP contribution in [0.4, 0.5) is 0 Å². The molecule has 3 aromatic rings. The van der Waals surface area contributed by atoms with E-state index < -0.39 is 21.7 Å². The summed E-state index contributed by atoms with van der Waals surface area (Å²) < 4.78 is 29.4. The molecule has 3 heterocycles. The largest absolute Gasteiger partial charge is 0.394 e. The van der Waals surface area contributed by atoms with E-state index >= 15 is 0 Å². The molecule has 2 aromatic carbocycles. The molecule has 9 nitrogen and oxygen atoms in total. The zero-order chi connectivity index (χ0) is 27.1. The lowest BCUT2D eigenvalue weighted by Gasteiger charge is -2.34. The van der Waals surface area contributed by atoms with Crippen molar-refractivity contribution >= 4 is 75.4 Å². The van der Waals surface area contributed by atoms with Crippen LogP contribution in [0.25, 0.3) is 17.0 Å². The second kappa shape index (κ2) is 11.6. The van der Waals surface area contributed by atoms with E-state index in [0.29, 0.717) is 27.0 Å². The van der Waals surface area contributed by atoms with E-state index in [2.05, 4.69) is 10.3 Å². The summed E-state index contributed by atoms with van der Waals surface area (Å²) in [5, 5.41) is 24.6. The van der Waals surface area contributed by atoms with Crippen LogP contribution < -0.4 is 5.32 Å². The molecule has 5 rings (SSSR count). The number of rotatable bonds is 7. The monoisotopic (exact) mass is 610 g/mol. The average Bonchev–Trinajstić information content (AvgIpc) is 3.44. The van der Waals surface area contributed by atoms with Crippen LogP contribution in [-0.4, -0.2) is 70.6 Å². The molecule has 0 saturated carbocycles. The van der Waals surface area contributed by atoms with Crippen LogP contribution in [0.1, 0.15) is 24.0 Å². The van der Waals surface area contributed by atoms with E-state index in [1.165, 1.54) is 9.71 Å². The lowest BCUT2D eigenvalue weighted by molar-refractivity contribution is -0.124. The van der Waals surface area contributed by atoms with Gasteiger partial charge in [-0.05, 0) is 54.8 Å². The number of nitrogens with zero attached hydrogens (tertiary/aromatic N) is 3. The van der Waals surface area contributed by atoms with Gasteiger partial charge in [0.15, 0.2) is 0 Å². The van der Waals surface area contributed by atoms with Crippen LogP contribution >= 0.6 is 36.7 Å². The Labute approximate surface area is 243 Å². The molecule has 0 bridgehead atoms. The molecule has 13 heteroatoms. The van der Waals surface area contributed by atoms with Crippen molar-refractivity contribution in [3.05, 3.63) is 75.2 Å². The molecule has 1 amide bonds. The molecule has 1 aromatic heterocycles. The number of amidine groups is 1. The smallest absolute Gasteiger partial charge is 0.253 e. The SMILES string of the molecule is O=C1NC(c2ccc(Cl)cc2Cl)=NC12CCN(S(=O)(=O)/C=C/c1cccc3c1ccn3C[C@H](O)CO)CC2.S. The standard InChI is InChI=1S/C26H26Cl2N4O5S.H2S/c27-18-4-5-21(22(28)14-18)24-29-25(35)26(30-24)8-11-32(12-9-26)38(36,37)13-7-17-2-1-3-23-20(17)6-10-31(23)15-19(34)16-33;/h1-7,10,13-14,19,33-34H,8-9,11-12,15-16H2,(H,29,30,35);1H2/b13-7+;/t19-;/m0./s1. The lowest BCUT2D eigenvalue weighted by atomic mass is 9.89. The highest BCUT2D eigenvalue weighted by Gasteiger charge is 2.47. The topological polar surface area (TPSA) is 124 Å². The summed E-state index contributed by atoms with van der Waals surface area (Å²) in [5.74, 6) is 0.0908. The van der Waals surface area contributed by atoms with Crippen molar-refractivity contribution in [2.24, 2.45) is 4.99 Å². The summed E-state index contributed by atoms with van der Waals surface area (Å²) in [4.78, 5) is 17.5. The maximum Gasteiger partial charge on any atom is 0.253 e. The van der Waals surface area contributed by atoms with E-state index in [1.807, 2.05) is 28.8 Å². The first kappa shape index (κ1) is 29.6. The first-order chi connectivity index (χ1) is 18.1. The van der Waals surface area contributed by atoms with Crippen LogP contribution in [0.2, 0.25) is 10.0 Å². The zero-order valence-corrected chi connectivity index (χ0v) is 24.0. The van der Waals surface area contributed by atoms with E-state index in [9.17, 15) is 18.3 Å². The highest BCUT2D eigenvalue weighted by Crippen LogP contribution is 2.34. The van der Waals surface area contributed by atoms with Crippen molar-refractivity contribution in [3.8, 4) is 0 Å². The molecule has 39 heavy (non-hydrogen) atoms. The number of benzene rings is 2. The van der Waals surface area contributed by atoms with Gasteiger partial charge in [-0.15, -0.1) is 0 Å². The molecular formula is C26H28Cl2N4O5S2. The van der Waals surface area contributed by atoms with Gasteiger partial charge in [0.25, 0.3) is 5.91 Å². The maximum atomic E-state index is 13.1. The van der Waals surface area contributed by atoms with Crippen LogP contribution in [0.3, 0.4) is 0 Å². The van der Waals surface area contributed by atoms with Gasteiger partial charge < -0.3 is 20.1 Å².